The van der Waals surface area contributed by atoms with Gasteiger partial charge in [0.2, 0.25) is 5.88 Å². The van der Waals surface area contributed by atoms with Crippen LogP contribution in [0.4, 0.5) is 15.9 Å². The molecule has 0 atom stereocenters. The van der Waals surface area contributed by atoms with Gasteiger partial charge in [-0.1, -0.05) is 41.9 Å². The molecule has 3 N–H and O–H groups in total. The molecule has 2 heterocycles. The maximum absolute atomic E-state index is 14.5. The Kier molecular flexibility index (Phi) is 5.79. The van der Waals surface area contributed by atoms with E-state index in [4.69, 9.17) is 22.1 Å². The van der Waals surface area contributed by atoms with Gasteiger partial charge in [-0.05, 0) is 19.1 Å². The van der Waals surface area contributed by atoms with Crippen molar-refractivity contribution in [3.05, 3.63) is 76.3 Å². The predicted octanol–water partition coefficient (Wildman–Crippen LogP) is 5.33. The highest BCUT2D eigenvalue weighted by molar-refractivity contribution is 7.17. The number of aryl methyl sites for hydroxylation is 1. The van der Waals surface area contributed by atoms with Crippen molar-refractivity contribution in [2.24, 2.45) is 0 Å². The molecule has 0 unspecified atom stereocenters. The highest BCUT2D eigenvalue weighted by Crippen LogP contribution is 2.33. The van der Waals surface area contributed by atoms with Gasteiger partial charge in [0.1, 0.15) is 27.1 Å². The second-order valence-corrected chi connectivity index (χ2v) is 7.76. The van der Waals surface area contributed by atoms with Gasteiger partial charge in [0.05, 0.1) is 5.69 Å². The first-order valence-corrected chi connectivity index (χ1v) is 10.2. The van der Waals surface area contributed by atoms with E-state index < -0.39 is 5.82 Å². The number of aromatic nitrogens is 3. The Hall–Kier alpha value is -3.56. The van der Waals surface area contributed by atoms with E-state index >= 15 is 0 Å². The summed E-state index contributed by atoms with van der Waals surface area (Å²) in [4.78, 5) is 25.2. The van der Waals surface area contributed by atoms with Crippen LogP contribution >= 0.6 is 22.9 Å². The molecule has 0 fully saturated rings. The molecule has 10 heteroatoms. The summed E-state index contributed by atoms with van der Waals surface area (Å²) in [5.74, 6) is -1.27. The zero-order valence-corrected chi connectivity index (χ0v) is 17.7. The molecule has 0 aliphatic heterocycles. The standard InChI is InChI=1S/C21H15ClFN5O2S/c1-11-17(31-21(27-11)12-5-3-2-4-6-12)19(29)28-13-7-8-15(14(23)9-13)30-20-16(22)18(24)25-10-26-20/h2-10H,1H3,(H,28,29)(H2,24,25,26). The Morgan fingerprint density at radius 2 is 1.97 bits per heavy atom. The lowest BCUT2D eigenvalue weighted by atomic mass is 10.2. The van der Waals surface area contributed by atoms with Crippen LogP contribution < -0.4 is 15.8 Å². The molecular weight excluding hydrogens is 441 g/mol. The number of benzene rings is 2. The van der Waals surface area contributed by atoms with Crippen LogP contribution in [-0.4, -0.2) is 20.9 Å². The summed E-state index contributed by atoms with van der Waals surface area (Å²) in [5, 5.41) is 3.40. The van der Waals surface area contributed by atoms with Crippen molar-refractivity contribution in [1.82, 2.24) is 15.0 Å². The van der Waals surface area contributed by atoms with E-state index in [-0.39, 0.29) is 34.1 Å². The molecule has 156 valence electrons. The first-order chi connectivity index (χ1) is 14.9. The number of hydrogen-bond donors (Lipinski definition) is 2. The minimum atomic E-state index is -0.711. The van der Waals surface area contributed by atoms with Gasteiger partial charge < -0.3 is 15.8 Å². The van der Waals surface area contributed by atoms with E-state index in [0.717, 1.165) is 23.0 Å². The molecule has 31 heavy (non-hydrogen) atoms. The number of nitrogens with one attached hydrogen (secondary N) is 1. The summed E-state index contributed by atoms with van der Waals surface area (Å²) < 4.78 is 19.9. The van der Waals surface area contributed by atoms with E-state index in [1.54, 1.807) is 6.92 Å². The molecule has 0 radical (unpaired) electrons. The zero-order valence-electron chi connectivity index (χ0n) is 16.1. The summed E-state index contributed by atoms with van der Waals surface area (Å²) >= 11 is 7.23. The summed E-state index contributed by atoms with van der Waals surface area (Å²) in [7, 11) is 0. The van der Waals surface area contributed by atoms with Crippen LogP contribution in [-0.2, 0) is 0 Å². The van der Waals surface area contributed by atoms with Crippen molar-refractivity contribution in [3.63, 3.8) is 0 Å². The molecule has 4 rings (SSSR count). The number of hydrogen-bond acceptors (Lipinski definition) is 7. The molecular formula is C21H15ClFN5O2S. The smallest absolute Gasteiger partial charge is 0.267 e. The number of anilines is 2. The van der Waals surface area contributed by atoms with Gasteiger partial charge in [0.25, 0.3) is 5.91 Å². The number of carbonyl (C=O) groups is 1. The normalized spacial score (nSPS) is 10.7. The van der Waals surface area contributed by atoms with Crippen molar-refractivity contribution >= 4 is 40.4 Å². The summed E-state index contributed by atoms with van der Waals surface area (Å²) in [5.41, 5.74) is 7.37. The number of rotatable bonds is 5. The minimum absolute atomic E-state index is 0.0192. The zero-order chi connectivity index (χ0) is 22.0. The third-order valence-electron chi connectivity index (χ3n) is 4.20. The lowest BCUT2D eigenvalue weighted by Crippen LogP contribution is -2.11. The number of nitrogens with two attached hydrogens (primary N) is 1. The van der Waals surface area contributed by atoms with Gasteiger partial charge in [0, 0.05) is 17.3 Å². The number of carbonyl (C=O) groups excluding carboxylic acids is 1. The molecule has 0 saturated heterocycles. The minimum Gasteiger partial charge on any atom is -0.434 e. The summed E-state index contributed by atoms with van der Waals surface area (Å²) in [6.07, 6.45) is 1.16. The quantitative estimate of drug-likeness (QED) is 0.421. The highest BCUT2D eigenvalue weighted by atomic mass is 35.5. The van der Waals surface area contributed by atoms with Gasteiger partial charge in [-0.25, -0.2) is 14.4 Å². The van der Waals surface area contributed by atoms with E-state index in [1.165, 1.54) is 23.5 Å². The molecule has 0 aliphatic rings. The molecule has 2 aromatic heterocycles. The van der Waals surface area contributed by atoms with E-state index in [1.807, 2.05) is 30.3 Å². The number of halogens is 2. The first-order valence-electron chi connectivity index (χ1n) is 9.00. The van der Waals surface area contributed by atoms with E-state index in [0.29, 0.717) is 10.6 Å². The van der Waals surface area contributed by atoms with Gasteiger partial charge in [-0.15, -0.1) is 11.3 Å². The first kappa shape index (κ1) is 20.7. The van der Waals surface area contributed by atoms with Gasteiger partial charge in [-0.2, -0.15) is 4.98 Å². The van der Waals surface area contributed by atoms with Crippen LogP contribution in [0.5, 0.6) is 11.6 Å². The van der Waals surface area contributed by atoms with Crippen molar-refractivity contribution < 1.29 is 13.9 Å². The lowest BCUT2D eigenvalue weighted by molar-refractivity contribution is 0.103. The fourth-order valence-corrected chi connectivity index (χ4v) is 3.81. The predicted molar refractivity (Wildman–Crippen MR) is 118 cm³/mol. The monoisotopic (exact) mass is 455 g/mol. The van der Waals surface area contributed by atoms with Crippen LogP contribution in [0, 0.1) is 12.7 Å². The molecule has 2 aromatic carbocycles. The van der Waals surface area contributed by atoms with Crippen molar-refractivity contribution in [3.8, 4) is 22.2 Å². The van der Waals surface area contributed by atoms with Crippen LogP contribution in [0.2, 0.25) is 5.02 Å². The third kappa shape index (κ3) is 4.47. The fourth-order valence-electron chi connectivity index (χ4n) is 2.70. The summed E-state index contributed by atoms with van der Waals surface area (Å²) in [6, 6.07) is 13.6. The number of ether oxygens (including phenoxy) is 1. The fraction of sp³-hybridized carbons (Fsp3) is 0.0476. The Morgan fingerprint density at radius 1 is 1.19 bits per heavy atom. The molecule has 0 bridgehead atoms. The lowest BCUT2D eigenvalue weighted by Gasteiger charge is -2.10. The maximum atomic E-state index is 14.5. The van der Waals surface area contributed by atoms with E-state index in [9.17, 15) is 9.18 Å². The number of nitrogen functional groups attached to an aromatic ring is 1. The second kappa shape index (κ2) is 8.66. The largest absolute Gasteiger partial charge is 0.434 e. The van der Waals surface area contributed by atoms with Gasteiger partial charge in [0.15, 0.2) is 11.6 Å². The molecule has 0 spiro atoms. The molecule has 0 saturated carbocycles. The van der Waals surface area contributed by atoms with Crippen LogP contribution in [0.15, 0.2) is 54.9 Å². The van der Waals surface area contributed by atoms with Crippen molar-refractivity contribution in [2.75, 3.05) is 11.1 Å². The summed E-state index contributed by atoms with van der Waals surface area (Å²) in [6.45, 7) is 1.76. The number of amides is 1. The van der Waals surface area contributed by atoms with Gasteiger partial charge >= 0.3 is 0 Å². The average molecular weight is 456 g/mol. The van der Waals surface area contributed by atoms with Crippen molar-refractivity contribution in [2.45, 2.75) is 6.92 Å². The molecule has 4 aromatic rings. The Labute approximate surface area is 185 Å². The van der Waals surface area contributed by atoms with Crippen LogP contribution in [0.25, 0.3) is 10.6 Å². The molecule has 1 amide bonds. The Bertz CT molecular complexity index is 1270. The molecule has 7 nitrogen and oxygen atoms in total. The van der Waals surface area contributed by atoms with Crippen molar-refractivity contribution in [1.29, 1.82) is 0 Å². The maximum Gasteiger partial charge on any atom is 0.267 e. The highest BCUT2D eigenvalue weighted by Gasteiger charge is 2.18. The number of nitrogens with zero attached hydrogens (tertiary/aromatic N) is 3. The van der Waals surface area contributed by atoms with Crippen LogP contribution in [0.3, 0.4) is 0 Å². The Morgan fingerprint density at radius 3 is 2.71 bits per heavy atom. The molecule has 0 aliphatic carbocycles. The number of thiazole rings is 1. The SMILES string of the molecule is Cc1nc(-c2ccccc2)sc1C(=O)Nc1ccc(Oc2ncnc(N)c2Cl)c(F)c1. The van der Waals surface area contributed by atoms with E-state index in [2.05, 4.69) is 20.3 Å². The Balaban J connectivity index is 1.51. The van der Waals surface area contributed by atoms with Gasteiger partial charge in [-0.3, -0.25) is 4.79 Å². The van der Waals surface area contributed by atoms with Crippen LogP contribution in [0.1, 0.15) is 15.4 Å². The average Bonchev–Trinajstić information content (AvgIpc) is 3.15. The third-order valence-corrected chi connectivity index (χ3v) is 5.76. The topological polar surface area (TPSA) is 103 Å². The second-order valence-electron chi connectivity index (χ2n) is 6.38.